The molecule has 0 radical (unpaired) electrons. The summed E-state index contributed by atoms with van der Waals surface area (Å²) in [5, 5.41) is 10.2. The Bertz CT molecular complexity index is 936. The number of carboxylic acids is 1. The van der Waals surface area contributed by atoms with Crippen molar-refractivity contribution in [1.82, 2.24) is 0 Å². The van der Waals surface area contributed by atoms with Crippen molar-refractivity contribution in [3.63, 3.8) is 0 Å². The Morgan fingerprint density at radius 1 is 0.323 bits per heavy atom. The predicted octanol–water partition coefficient (Wildman–Crippen LogP) is 18.9. The van der Waals surface area contributed by atoms with E-state index in [-0.39, 0.29) is 12.4 Å². The zero-order valence-electron chi connectivity index (χ0n) is 42.3. The van der Waals surface area contributed by atoms with Crippen molar-refractivity contribution in [2.45, 2.75) is 316 Å². The Morgan fingerprint density at radius 2 is 0.581 bits per heavy atom. The van der Waals surface area contributed by atoms with E-state index in [9.17, 15) is 14.7 Å². The first-order valence-corrected chi connectivity index (χ1v) is 27.9. The van der Waals surface area contributed by atoms with E-state index in [1.807, 2.05) is 0 Å². The van der Waals surface area contributed by atoms with Crippen LogP contribution >= 0.6 is 0 Å². The van der Waals surface area contributed by atoms with Crippen molar-refractivity contribution in [3.8, 4) is 0 Å². The monoisotopic (exact) mass is 870 g/mol. The van der Waals surface area contributed by atoms with Gasteiger partial charge in [0, 0.05) is 12.4 Å². The van der Waals surface area contributed by atoms with Gasteiger partial charge in [-0.05, 0) is 83.5 Å². The Morgan fingerprint density at radius 3 is 0.935 bits per heavy atom. The standard InChI is InChI=1S/C40H76O2.C18H34O2/c1-3-5-7-9-11-13-15-17-19-20-21-22-23-25-27-29-31-33-35-37-39-42-40(41)38-36-34-32-30-28-26-24-18-16-14-12-10-8-6-4-2;1-2-3-4-5-6-7-8-9-10-11-12-13-14-15-16-17-18(19)20/h12,14,18,24H,3-11,13,15-17,19-23,25-39H2,1-2H3;9-10H,2-8,11-17H2,1H3,(H,19,20)/p-1/b14-12-,24-18-;10-9-. The van der Waals surface area contributed by atoms with Crippen LogP contribution in [0.15, 0.2) is 36.5 Å². The Labute approximate surface area is 389 Å². The van der Waals surface area contributed by atoms with Crippen LogP contribution in [0.1, 0.15) is 316 Å². The molecular weight excluding hydrogens is 761 g/mol. The van der Waals surface area contributed by atoms with E-state index in [1.54, 1.807) is 0 Å². The van der Waals surface area contributed by atoms with Crippen molar-refractivity contribution < 1.29 is 19.4 Å². The van der Waals surface area contributed by atoms with Crippen LogP contribution in [0.4, 0.5) is 0 Å². The molecule has 0 aromatic heterocycles. The van der Waals surface area contributed by atoms with Crippen molar-refractivity contribution in [2.75, 3.05) is 6.61 Å². The first kappa shape index (κ1) is 62.2. The van der Waals surface area contributed by atoms with Crippen LogP contribution in [0.5, 0.6) is 0 Å². The molecule has 0 unspecified atom stereocenters. The summed E-state index contributed by atoms with van der Waals surface area (Å²) in [6.07, 6.45) is 72.0. The lowest BCUT2D eigenvalue weighted by Gasteiger charge is -2.06. The zero-order chi connectivity index (χ0) is 45.3. The van der Waals surface area contributed by atoms with E-state index < -0.39 is 5.97 Å². The number of hydrogen-bond donors (Lipinski definition) is 0. The van der Waals surface area contributed by atoms with Gasteiger partial charge in [0.05, 0.1) is 6.61 Å². The van der Waals surface area contributed by atoms with Gasteiger partial charge in [-0.1, -0.05) is 263 Å². The molecule has 0 saturated heterocycles. The van der Waals surface area contributed by atoms with E-state index in [2.05, 4.69) is 57.2 Å². The number of hydrogen-bond acceptors (Lipinski definition) is 4. The van der Waals surface area contributed by atoms with Crippen molar-refractivity contribution >= 4 is 11.9 Å². The number of unbranched alkanes of at least 4 members (excludes halogenated alkanes) is 38. The summed E-state index contributed by atoms with van der Waals surface area (Å²) in [5.74, 6) is -0.902. The molecule has 0 rings (SSSR count). The molecule has 0 aromatic carbocycles. The SMILES string of the molecule is CCCCC/C=C\C/C=C\CCCCCCCC(=O)OCCCCCCCCCCCCCCCCCCCCCC.CCCCCCCC/C=C\CCCCCCCC(=O)[O-]. The van der Waals surface area contributed by atoms with Gasteiger partial charge in [0.25, 0.3) is 0 Å². The number of carbonyl (C=O) groups excluding carboxylic acids is 2. The fourth-order valence-corrected chi connectivity index (χ4v) is 8.04. The highest BCUT2D eigenvalue weighted by atomic mass is 16.5. The van der Waals surface area contributed by atoms with E-state index in [4.69, 9.17) is 4.74 Å². The third-order valence-electron chi connectivity index (χ3n) is 12.2. The number of rotatable bonds is 50. The van der Waals surface area contributed by atoms with Gasteiger partial charge < -0.3 is 14.6 Å². The summed E-state index contributed by atoms with van der Waals surface area (Å²) in [5.41, 5.74) is 0. The van der Waals surface area contributed by atoms with Gasteiger partial charge in [-0.15, -0.1) is 0 Å². The van der Waals surface area contributed by atoms with Gasteiger partial charge in [0.15, 0.2) is 0 Å². The number of esters is 1. The quantitative estimate of drug-likeness (QED) is 0.0347. The Kier molecular flexibility index (Phi) is 59.4. The normalized spacial score (nSPS) is 11.6. The molecule has 0 aliphatic rings. The van der Waals surface area contributed by atoms with E-state index >= 15 is 0 Å². The lowest BCUT2D eigenvalue weighted by molar-refractivity contribution is -0.305. The smallest absolute Gasteiger partial charge is 0.305 e. The van der Waals surface area contributed by atoms with Gasteiger partial charge in [0.1, 0.15) is 0 Å². The zero-order valence-corrected chi connectivity index (χ0v) is 42.3. The molecule has 0 aliphatic heterocycles. The fraction of sp³-hybridized carbons (Fsp3) is 0.862. The van der Waals surface area contributed by atoms with Gasteiger partial charge in [-0.2, -0.15) is 0 Å². The van der Waals surface area contributed by atoms with E-state index in [1.165, 1.54) is 238 Å². The summed E-state index contributed by atoms with van der Waals surface area (Å²) in [7, 11) is 0. The molecule has 366 valence electrons. The highest BCUT2D eigenvalue weighted by Crippen LogP contribution is 2.16. The van der Waals surface area contributed by atoms with Crippen molar-refractivity contribution in [3.05, 3.63) is 36.5 Å². The molecule has 0 bridgehead atoms. The van der Waals surface area contributed by atoms with Crippen molar-refractivity contribution in [1.29, 1.82) is 0 Å². The lowest BCUT2D eigenvalue weighted by atomic mass is 10.0. The number of carbonyl (C=O) groups is 2. The maximum absolute atomic E-state index is 11.9. The summed E-state index contributed by atoms with van der Waals surface area (Å²) in [6.45, 7) is 7.43. The minimum absolute atomic E-state index is 0.0125. The molecule has 4 nitrogen and oxygen atoms in total. The molecule has 0 N–H and O–H groups in total. The average Bonchev–Trinajstić information content (AvgIpc) is 3.27. The van der Waals surface area contributed by atoms with Crippen LogP contribution in [-0.2, 0) is 14.3 Å². The third kappa shape index (κ3) is 62.5. The lowest BCUT2D eigenvalue weighted by Crippen LogP contribution is -2.21. The molecule has 0 aromatic rings. The maximum atomic E-state index is 11.9. The topological polar surface area (TPSA) is 66.4 Å². The second-order valence-corrected chi connectivity index (χ2v) is 18.6. The first-order valence-electron chi connectivity index (χ1n) is 27.9. The van der Waals surface area contributed by atoms with Crippen LogP contribution in [0.2, 0.25) is 0 Å². The highest BCUT2D eigenvalue weighted by molar-refractivity contribution is 5.69. The molecule has 0 fully saturated rings. The van der Waals surface area contributed by atoms with Crippen LogP contribution in [0.3, 0.4) is 0 Å². The molecule has 0 atom stereocenters. The van der Waals surface area contributed by atoms with Gasteiger partial charge in [-0.25, -0.2) is 0 Å². The molecule has 0 aliphatic carbocycles. The molecule has 0 amide bonds. The van der Waals surface area contributed by atoms with Crippen LogP contribution in [-0.4, -0.2) is 18.5 Å². The first-order chi connectivity index (χ1) is 30.6. The molecular formula is C58H109O4-. The number of allylic oxidation sites excluding steroid dienone is 6. The molecule has 0 saturated carbocycles. The van der Waals surface area contributed by atoms with Crippen LogP contribution < -0.4 is 5.11 Å². The highest BCUT2D eigenvalue weighted by Gasteiger charge is 2.03. The Balaban J connectivity index is 0. The fourth-order valence-electron chi connectivity index (χ4n) is 8.04. The molecule has 4 heteroatoms. The minimum atomic E-state index is -0.914. The number of ether oxygens (including phenoxy) is 1. The number of carboxylic acid groups (broad SMARTS) is 1. The maximum Gasteiger partial charge on any atom is 0.305 e. The Hall–Kier alpha value is -1.84. The number of aliphatic carboxylic acids is 1. The van der Waals surface area contributed by atoms with E-state index in [0.717, 1.165) is 44.9 Å². The average molecular weight is 871 g/mol. The van der Waals surface area contributed by atoms with Crippen molar-refractivity contribution in [2.24, 2.45) is 0 Å². The molecule has 0 heterocycles. The largest absolute Gasteiger partial charge is 0.550 e. The second kappa shape index (κ2) is 59.2. The summed E-state index contributed by atoms with van der Waals surface area (Å²) >= 11 is 0. The molecule has 62 heavy (non-hydrogen) atoms. The van der Waals surface area contributed by atoms with Gasteiger partial charge in [0.2, 0.25) is 0 Å². The summed E-state index contributed by atoms with van der Waals surface area (Å²) in [6, 6.07) is 0. The minimum Gasteiger partial charge on any atom is -0.550 e. The molecule has 0 spiro atoms. The summed E-state index contributed by atoms with van der Waals surface area (Å²) in [4.78, 5) is 22.2. The van der Waals surface area contributed by atoms with Gasteiger partial charge in [-0.3, -0.25) is 4.79 Å². The summed E-state index contributed by atoms with van der Waals surface area (Å²) < 4.78 is 5.44. The third-order valence-corrected chi connectivity index (χ3v) is 12.2. The van der Waals surface area contributed by atoms with Crippen LogP contribution in [0, 0.1) is 0 Å². The van der Waals surface area contributed by atoms with Crippen LogP contribution in [0.25, 0.3) is 0 Å². The second-order valence-electron chi connectivity index (χ2n) is 18.6. The van der Waals surface area contributed by atoms with Gasteiger partial charge >= 0.3 is 5.97 Å². The predicted molar refractivity (Wildman–Crippen MR) is 273 cm³/mol. The van der Waals surface area contributed by atoms with E-state index in [0.29, 0.717) is 13.0 Å².